The summed E-state index contributed by atoms with van der Waals surface area (Å²) in [6, 6.07) is 0. The first-order valence-electron chi connectivity index (χ1n) is 5.42. The van der Waals surface area contributed by atoms with Crippen LogP contribution in [0, 0.1) is 5.41 Å². The molecule has 1 rings (SSSR count). The van der Waals surface area contributed by atoms with Gasteiger partial charge >= 0.3 is 0 Å². The van der Waals surface area contributed by atoms with E-state index in [0.29, 0.717) is 5.75 Å². The average Bonchev–Trinajstić information content (AvgIpc) is 2.25. The normalized spacial score (nSPS) is 20.9. The van der Waals surface area contributed by atoms with Gasteiger partial charge in [-0.2, -0.15) is 24.4 Å². The molecule has 0 atom stereocenters. The van der Waals surface area contributed by atoms with Gasteiger partial charge in [-0.05, 0) is 29.8 Å². The van der Waals surface area contributed by atoms with Crippen LogP contribution >= 0.6 is 24.4 Å². The summed E-state index contributed by atoms with van der Waals surface area (Å²) in [6.45, 7) is 1.63. The van der Waals surface area contributed by atoms with Crippen molar-refractivity contribution in [2.45, 2.75) is 12.8 Å². The predicted molar refractivity (Wildman–Crippen MR) is 73.4 cm³/mol. The Bertz CT molecular complexity index is 294. The molecule has 0 bridgehead atoms. The topological polar surface area (TPSA) is 43.4 Å². The van der Waals surface area contributed by atoms with Gasteiger partial charge in [-0.3, -0.25) is 0 Å². The highest BCUT2D eigenvalue weighted by molar-refractivity contribution is 8.00. The lowest BCUT2D eigenvalue weighted by Gasteiger charge is -2.35. The molecule has 0 spiro atoms. The number of hydrogen-bond acceptors (Lipinski definition) is 5. The van der Waals surface area contributed by atoms with Gasteiger partial charge in [0.05, 0.1) is 5.75 Å². The van der Waals surface area contributed by atoms with Gasteiger partial charge in [0.1, 0.15) is 9.84 Å². The minimum absolute atomic E-state index is 0.254. The summed E-state index contributed by atoms with van der Waals surface area (Å²) in [7, 11) is -2.82. The molecule has 0 saturated carbocycles. The fraction of sp³-hybridized carbons (Fsp3) is 1.00. The maximum absolute atomic E-state index is 11.0. The Morgan fingerprint density at radius 3 is 2.50 bits per heavy atom. The first-order chi connectivity index (χ1) is 7.47. The van der Waals surface area contributed by atoms with Gasteiger partial charge in [0.25, 0.3) is 0 Å². The van der Waals surface area contributed by atoms with Gasteiger partial charge in [0, 0.05) is 25.2 Å². The smallest absolute Gasteiger partial charge is 0.148 e. The fourth-order valence-electron chi connectivity index (χ4n) is 1.65. The number of thiol groups is 1. The molecule has 1 heterocycles. The van der Waals surface area contributed by atoms with Crippen molar-refractivity contribution in [3.8, 4) is 0 Å². The Kier molecular flexibility index (Phi) is 5.98. The molecule has 3 nitrogen and oxygen atoms in total. The molecule has 0 N–H and O–H groups in total. The van der Waals surface area contributed by atoms with Crippen LogP contribution in [0.2, 0.25) is 0 Å². The van der Waals surface area contributed by atoms with Crippen molar-refractivity contribution in [3.63, 3.8) is 0 Å². The van der Waals surface area contributed by atoms with Crippen molar-refractivity contribution >= 4 is 34.2 Å². The molecule has 0 radical (unpaired) electrons. The van der Waals surface area contributed by atoms with E-state index in [2.05, 4.69) is 12.6 Å². The minimum Gasteiger partial charge on any atom is -0.381 e. The van der Waals surface area contributed by atoms with Crippen molar-refractivity contribution in [2.75, 3.05) is 42.5 Å². The molecule has 0 aromatic carbocycles. The van der Waals surface area contributed by atoms with E-state index in [4.69, 9.17) is 4.74 Å². The van der Waals surface area contributed by atoms with Crippen LogP contribution in [0.3, 0.4) is 0 Å². The van der Waals surface area contributed by atoms with E-state index in [1.807, 2.05) is 0 Å². The number of ether oxygens (including phenoxy) is 1. The molecule has 0 aromatic heterocycles. The summed E-state index contributed by atoms with van der Waals surface area (Å²) in [6.07, 6.45) is 3.38. The summed E-state index contributed by atoms with van der Waals surface area (Å²) in [5.74, 6) is 2.82. The van der Waals surface area contributed by atoms with Crippen LogP contribution in [0.5, 0.6) is 0 Å². The largest absolute Gasteiger partial charge is 0.381 e. The molecule has 1 fully saturated rings. The zero-order valence-corrected chi connectivity index (χ0v) is 12.2. The van der Waals surface area contributed by atoms with E-state index in [-0.39, 0.29) is 11.2 Å². The van der Waals surface area contributed by atoms with Crippen LogP contribution < -0.4 is 0 Å². The average molecular weight is 284 g/mol. The van der Waals surface area contributed by atoms with Gasteiger partial charge in [-0.15, -0.1) is 0 Å². The molecule has 1 aliphatic heterocycles. The molecular formula is C10H20O3S3. The van der Waals surface area contributed by atoms with E-state index in [0.717, 1.165) is 37.6 Å². The van der Waals surface area contributed by atoms with E-state index in [1.54, 1.807) is 11.8 Å². The van der Waals surface area contributed by atoms with Crippen LogP contribution in [0.25, 0.3) is 0 Å². The number of sulfone groups is 1. The van der Waals surface area contributed by atoms with Crippen molar-refractivity contribution in [2.24, 2.45) is 5.41 Å². The SMILES string of the molecule is CS(=O)(=O)CCSCC1(CS)CCOCC1. The summed E-state index contributed by atoms with van der Waals surface area (Å²) >= 11 is 6.15. The summed E-state index contributed by atoms with van der Waals surface area (Å²) in [5.41, 5.74) is 0.254. The van der Waals surface area contributed by atoms with E-state index in [1.165, 1.54) is 6.26 Å². The lowest BCUT2D eigenvalue weighted by molar-refractivity contribution is 0.0371. The first kappa shape index (κ1) is 14.7. The molecule has 0 unspecified atom stereocenters. The Balaban J connectivity index is 2.28. The Labute approximate surface area is 108 Å². The quantitative estimate of drug-likeness (QED) is 0.593. The van der Waals surface area contributed by atoms with E-state index in [9.17, 15) is 8.42 Å². The van der Waals surface area contributed by atoms with Crippen LogP contribution in [-0.2, 0) is 14.6 Å². The molecule has 16 heavy (non-hydrogen) atoms. The third-order valence-corrected chi connectivity index (χ3v) is 6.08. The predicted octanol–water partition coefficient (Wildman–Crippen LogP) is 1.49. The number of thioether (sulfide) groups is 1. The number of rotatable bonds is 6. The van der Waals surface area contributed by atoms with Crippen LogP contribution in [0.1, 0.15) is 12.8 Å². The van der Waals surface area contributed by atoms with Gasteiger partial charge in [0.2, 0.25) is 0 Å². The van der Waals surface area contributed by atoms with E-state index < -0.39 is 9.84 Å². The number of hydrogen-bond donors (Lipinski definition) is 1. The molecule has 6 heteroatoms. The second-order valence-electron chi connectivity index (χ2n) is 4.45. The monoisotopic (exact) mass is 284 g/mol. The first-order valence-corrected chi connectivity index (χ1v) is 9.26. The van der Waals surface area contributed by atoms with Gasteiger partial charge in [0.15, 0.2) is 0 Å². The van der Waals surface area contributed by atoms with E-state index >= 15 is 0 Å². The molecule has 1 aliphatic rings. The summed E-state index contributed by atoms with van der Waals surface area (Å²) in [4.78, 5) is 0. The van der Waals surface area contributed by atoms with Crippen molar-refractivity contribution < 1.29 is 13.2 Å². The van der Waals surface area contributed by atoms with Gasteiger partial charge < -0.3 is 4.74 Å². The molecular weight excluding hydrogens is 264 g/mol. The Morgan fingerprint density at radius 2 is 2.00 bits per heavy atom. The Morgan fingerprint density at radius 1 is 1.38 bits per heavy atom. The van der Waals surface area contributed by atoms with Crippen molar-refractivity contribution in [1.29, 1.82) is 0 Å². The van der Waals surface area contributed by atoms with Gasteiger partial charge in [-0.25, -0.2) is 8.42 Å². The van der Waals surface area contributed by atoms with Crippen LogP contribution in [0.15, 0.2) is 0 Å². The highest BCUT2D eigenvalue weighted by Gasteiger charge is 2.30. The minimum atomic E-state index is -2.82. The van der Waals surface area contributed by atoms with Gasteiger partial charge in [-0.1, -0.05) is 0 Å². The fourth-order valence-corrected chi connectivity index (χ4v) is 4.88. The van der Waals surface area contributed by atoms with Crippen LogP contribution in [0.4, 0.5) is 0 Å². The molecule has 96 valence electrons. The van der Waals surface area contributed by atoms with Crippen molar-refractivity contribution in [1.82, 2.24) is 0 Å². The van der Waals surface area contributed by atoms with Crippen molar-refractivity contribution in [3.05, 3.63) is 0 Å². The summed E-state index contributed by atoms with van der Waals surface area (Å²) < 4.78 is 27.3. The second kappa shape index (κ2) is 6.52. The second-order valence-corrected chi connectivity index (χ2v) is 8.13. The maximum atomic E-state index is 11.0. The molecule has 1 saturated heterocycles. The zero-order chi connectivity index (χ0) is 12.1. The third kappa shape index (κ3) is 5.29. The third-order valence-electron chi connectivity index (χ3n) is 2.90. The highest BCUT2D eigenvalue weighted by Crippen LogP contribution is 2.35. The highest BCUT2D eigenvalue weighted by atomic mass is 32.2. The zero-order valence-electron chi connectivity index (χ0n) is 9.65. The summed E-state index contributed by atoms with van der Waals surface area (Å²) in [5, 5.41) is 0. The molecule has 0 amide bonds. The lowest BCUT2D eigenvalue weighted by Crippen LogP contribution is -2.33. The lowest BCUT2D eigenvalue weighted by atomic mass is 9.84. The molecule has 0 aliphatic carbocycles. The Hall–Kier alpha value is 0.610. The van der Waals surface area contributed by atoms with Crippen LogP contribution in [-0.4, -0.2) is 50.9 Å². The maximum Gasteiger partial charge on any atom is 0.148 e. The molecule has 0 aromatic rings. The standard InChI is InChI=1S/C10H20O3S3/c1-16(11,12)7-6-15-9-10(8-14)2-4-13-5-3-10/h14H,2-9H2,1H3.